The van der Waals surface area contributed by atoms with Gasteiger partial charge in [-0.15, -0.1) is 11.3 Å². The van der Waals surface area contributed by atoms with Gasteiger partial charge in [0.15, 0.2) is 0 Å². The third-order valence-corrected chi connectivity index (χ3v) is 6.86. The third-order valence-electron chi connectivity index (χ3n) is 5.80. The van der Waals surface area contributed by atoms with Crippen molar-refractivity contribution in [2.45, 2.75) is 44.4 Å². The predicted octanol–water partition coefficient (Wildman–Crippen LogP) is 3.62. The highest BCUT2D eigenvalue weighted by Crippen LogP contribution is 2.30. The molecule has 1 unspecified atom stereocenters. The number of hydrogen-bond donors (Lipinski definition) is 1. The van der Waals surface area contributed by atoms with Crippen LogP contribution in [-0.4, -0.2) is 41.3 Å². The van der Waals surface area contributed by atoms with E-state index < -0.39 is 0 Å². The molecule has 5 nitrogen and oxygen atoms in total. The van der Waals surface area contributed by atoms with E-state index >= 15 is 0 Å². The summed E-state index contributed by atoms with van der Waals surface area (Å²) >= 11 is 1.68. The molecule has 1 atom stereocenters. The van der Waals surface area contributed by atoms with E-state index in [2.05, 4.69) is 10.7 Å². The van der Waals surface area contributed by atoms with Crippen LogP contribution in [0.5, 0.6) is 0 Å². The number of amides is 2. The fraction of sp³-hybridized carbons (Fsp3) is 0.500. The number of benzene rings is 1. The molecule has 1 aliphatic heterocycles. The summed E-state index contributed by atoms with van der Waals surface area (Å²) in [6.45, 7) is 2.20. The van der Waals surface area contributed by atoms with Gasteiger partial charge in [0, 0.05) is 48.8 Å². The van der Waals surface area contributed by atoms with E-state index in [-0.39, 0.29) is 17.7 Å². The van der Waals surface area contributed by atoms with Crippen LogP contribution < -0.4 is 5.32 Å². The molecule has 28 heavy (non-hydrogen) atoms. The first-order valence-electron chi connectivity index (χ1n) is 10.3. The topological polar surface area (TPSA) is 62.3 Å². The second-order valence-corrected chi connectivity index (χ2v) is 8.69. The Morgan fingerprint density at radius 1 is 1.14 bits per heavy atom. The van der Waals surface area contributed by atoms with Crippen LogP contribution in [0.1, 0.15) is 59.1 Å². The van der Waals surface area contributed by atoms with Crippen LogP contribution in [0.2, 0.25) is 0 Å². The SMILES string of the molecule is O=C(NCCc1csc(C2CCCN(C(=O)c3ccccc3)C2)n1)C1CCC1. The molecule has 1 N–H and O–H groups in total. The van der Waals surface area contributed by atoms with Crippen molar-refractivity contribution in [1.29, 1.82) is 0 Å². The number of carbonyl (C=O) groups is 2. The molecule has 2 amide bonds. The van der Waals surface area contributed by atoms with Crippen LogP contribution in [0.3, 0.4) is 0 Å². The monoisotopic (exact) mass is 397 g/mol. The summed E-state index contributed by atoms with van der Waals surface area (Å²) in [5, 5.41) is 6.25. The average molecular weight is 398 g/mol. The van der Waals surface area contributed by atoms with Gasteiger partial charge in [-0.3, -0.25) is 9.59 Å². The van der Waals surface area contributed by atoms with E-state index in [0.717, 1.165) is 61.5 Å². The summed E-state index contributed by atoms with van der Waals surface area (Å²) in [6, 6.07) is 9.51. The van der Waals surface area contributed by atoms with Gasteiger partial charge in [-0.05, 0) is 37.8 Å². The predicted molar refractivity (Wildman–Crippen MR) is 110 cm³/mol. The average Bonchev–Trinajstić information content (AvgIpc) is 3.16. The lowest BCUT2D eigenvalue weighted by Crippen LogP contribution is -2.39. The molecule has 1 saturated carbocycles. The van der Waals surface area contributed by atoms with Gasteiger partial charge in [0.25, 0.3) is 5.91 Å². The number of hydrogen-bond acceptors (Lipinski definition) is 4. The molecule has 2 aliphatic rings. The fourth-order valence-electron chi connectivity index (χ4n) is 3.88. The van der Waals surface area contributed by atoms with Gasteiger partial charge in [0.1, 0.15) is 0 Å². The molecule has 2 fully saturated rings. The number of carbonyl (C=O) groups excluding carboxylic acids is 2. The summed E-state index contributed by atoms with van der Waals surface area (Å²) in [5.74, 6) is 0.857. The lowest BCUT2D eigenvalue weighted by Gasteiger charge is -2.32. The van der Waals surface area contributed by atoms with Crippen molar-refractivity contribution in [2.75, 3.05) is 19.6 Å². The molecular weight excluding hydrogens is 370 g/mol. The Morgan fingerprint density at radius 2 is 1.96 bits per heavy atom. The number of piperidine rings is 1. The van der Waals surface area contributed by atoms with Crippen molar-refractivity contribution < 1.29 is 9.59 Å². The zero-order chi connectivity index (χ0) is 19.3. The molecule has 4 rings (SSSR count). The Balaban J connectivity index is 1.30. The lowest BCUT2D eigenvalue weighted by molar-refractivity contribution is -0.127. The highest BCUT2D eigenvalue weighted by atomic mass is 32.1. The van der Waals surface area contributed by atoms with Crippen molar-refractivity contribution in [2.24, 2.45) is 5.92 Å². The molecule has 0 spiro atoms. The van der Waals surface area contributed by atoms with Gasteiger partial charge >= 0.3 is 0 Å². The quantitative estimate of drug-likeness (QED) is 0.810. The number of likely N-dealkylation sites (tertiary alicyclic amines) is 1. The van der Waals surface area contributed by atoms with Gasteiger partial charge in [0.05, 0.1) is 10.7 Å². The van der Waals surface area contributed by atoms with E-state index in [4.69, 9.17) is 4.98 Å². The standard InChI is InChI=1S/C22H27N3O2S/c26-20(16-8-4-9-16)23-12-11-19-15-28-21(24-19)18-10-5-13-25(14-18)22(27)17-6-2-1-3-7-17/h1-3,6-7,15-16,18H,4-5,8-14H2,(H,23,26). The molecule has 2 aromatic rings. The Hall–Kier alpha value is -2.21. The maximum absolute atomic E-state index is 12.7. The Labute approximate surface area is 170 Å². The van der Waals surface area contributed by atoms with E-state index in [1.807, 2.05) is 35.2 Å². The van der Waals surface area contributed by atoms with Crippen molar-refractivity contribution in [1.82, 2.24) is 15.2 Å². The first kappa shape index (κ1) is 19.1. The maximum atomic E-state index is 12.7. The normalized spacial score (nSPS) is 19.9. The van der Waals surface area contributed by atoms with Crippen molar-refractivity contribution in [3.8, 4) is 0 Å². The number of aromatic nitrogens is 1. The fourth-order valence-corrected chi connectivity index (χ4v) is 4.86. The minimum absolute atomic E-state index is 0.112. The largest absolute Gasteiger partial charge is 0.355 e. The van der Waals surface area contributed by atoms with E-state index in [1.165, 1.54) is 6.42 Å². The zero-order valence-corrected chi connectivity index (χ0v) is 16.9. The lowest BCUT2D eigenvalue weighted by atomic mass is 9.85. The van der Waals surface area contributed by atoms with Gasteiger partial charge in [-0.25, -0.2) is 4.98 Å². The van der Waals surface area contributed by atoms with Crippen molar-refractivity contribution in [3.63, 3.8) is 0 Å². The van der Waals surface area contributed by atoms with E-state index in [1.54, 1.807) is 11.3 Å². The molecule has 1 aromatic heterocycles. The minimum atomic E-state index is 0.112. The third kappa shape index (κ3) is 4.43. The van der Waals surface area contributed by atoms with Crippen LogP contribution >= 0.6 is 11.3 Å². The molecule has 0 bridgehead atoms. The first-order valence-corrected chi connectivity index (χ1v) is 11.1. The molecule has 148 valence electrons. The summed E-state index contributed by atoms with van der Waals surface area (Å²) in [6.07, 6.45) is 6.10. The molecule has 2 heterocycles. The number of nitrogens with zero attached hydrogens (tertiary/aromatic N) is 2. The van der Waals surface area contributed by atoms with Crippen molar-refractivity contribution in [3.05, 3.63) is 52.0 Å². The highest BCUT2D eigenvalue weighted by Gasteiger charge is 2.27. The van der Waals surface area contributed by atoms with Gasteiger partial charge in [-0.1, -0.05) is 24.6 Å². The minimum Gasteiger partial charge on any atom is -0.355 e. The van der Waals surface area contributed by atoms with Crippen molar-refractivity contribution >= 4 is 23.2 Å². The summed E-state index contributed by atoms with van der Waals surface area (Å²) in [5.41, 5.74) is 1.80. The Morgan fingerprint density at radius 3 is 2.71 bits per heavy atom. The maximum Gasteiger partial charge on any atom is 0.253 e. The van der Waals surface area contributed by atoms with Gasteiger partial charge in [0.2, 0.25) is 5.91 Å². The van der Waals surface area contributed by atoms with E-state index in [9.17, 15) is 9.59 Å². The summed E-state index contributed by atoms with van der Waals surface area (Å²) in [4.78, 5) is 31.4. The molecule has 1 aliphatic carbocycles. The van der Waals surface area contributed by atoms with Gasteiger partial charge < -0.3 is 10.2 Å². The number of rotatable bonds is 6. The first-order chi connectivity index (χ1) is 13.7. The molecular formula is C22H27N3O2S. The summed E-state index contributed by atoms with van der Waals surface area (Å²) in [7, 11) is 0. The number of nitrogens with one attached hydrogen (secondary N) is 1. The van der Waals surface area contributed by atoms with Crippen LogP contribution in [0, 0.1) is 5.92 Å². The highest BCUT2D eigenvalue weighted by molar-refractivity contribution is 7.09. The molecule has 0 radical (unpaired) electrons. The zero-order valence-electron chi connectivity index (χ0n) is 16.1. The Kier molecular flexibility index (Phi) is 6.05. The number of thiazole rings is 1. The Bertz CT molecular complexity index is 816. The second kappa shape index (κ2) is 8.86. The van der Waals surface area contributed by atoms with Crippen LogP contribution in [0.15, 0.2) is 35.7 Å². The van der Waals surface area contributed by atoms with Crippen LogP contribution in [0.25, 0.3) is 0 Å². The van der Waals surface area contributed by atoms with Gasteiger partial charge in [-0.2, -0.15) is 0 Å². The smallest absolute Gasteiger partial charge is 0.253 e. The molecule has 1 saturated heterocycles. The van der Waals surface area contributed by atoms with Crippen LogP contribution in [0.4, 0.5) is 0 Å². The molecule has 6 heteroatoms. The molecule has 1 aromatic carbocycles. The van der Waals surface area contributed by atoms with E-state index in [0.29, 0.717) is 12.5 Å². The second-order valence-electron chi connectivity index (χ2n) is 7.80. The van der Waals surface area contributed by atoms with Crippen LogP contribution in [-0.2, 0) is 11.2 Å². The summed E-state index contributed by atoms with van der Waals surface area (Å²) < 4.78 is 0.